The molecule has 3 heteroatoms. The molecule has 0 spiro atoms. The third kappa shape index (κ3) is 2.08. The average Bonchev–Trinajstić information content (AvgIpc) is 2.15. The standard InChI is InChI=1S/C11H9F3/c1-3-8(2)9-6-4-5-7-10(9)11(12,13)14/h1,4-8H,2H3. The molecule has 0 bridgehead atoms. The largest absolute Gasteiger partial charge is 0.416 e. The molecule has 1 aromatic rings. The average molecular weight is 198 g/mol. The molecule has 74 valence electrons. The molecule has 1 aromatic carbocycles. The molecular formula is C11H9F3. The highest BCUT2D eigenvalue weighted by atomic mass is 19.4. The summed E-state index contributed by atoms with van der Waals surface area (Å²) in [6.07, 6.45) is 0.767. The molecule has 1 atom stereocenters. The van der Waals surface area contributed by atoms with Gasteiger partial charge in [-0.15, -0.1) is 6.42 Å². The van der Waals surface area contributed by atoms with Crippen LogP contribution in [0.25, 0.3) is 0 Å². The lowest BCUT2D eigenvalue weighted by molar-refractivity contribution is -0.138. The summed E-state index contributed by atoms with van der Waals surface area (Å²) < 4.78 is 37.4. The zero-order valence-electron chi connectivity index (χ0n) is 7.60. The Morgan fingerprint density at radius 1 is 1.29 bits per heavy atom. The van der Waals surface area contributed by atoms with Gasteiger partial charge in [-0.05, 0) is 18.6 Å². The van der Waals surface area contributed by atoms with Crippen LogP contribution in [0.2, 0.25) is 0 Å². The highest BCUT2D eigenvalue weighted by Gasteiger charge is 2.33. The van der Waals surface area contributed by atoms with Crippen LogP contribution in [-0.2, 0) is 6.18 Å². The van der Waals surface area contributed by atoms with Crippen LogP contribution < -0.4 is 0 Å². The Bertz CT molecular complexity index is 358. The number of halogens is 3. The zero-order valence-corrected chi connectivity index (χ0v) is 7.60. The first-order valence-corrected chi connectivity index (χ1v) is 4.09. The zero-order chi connectivity index (χ0) is 10.8. The first-order chi connectivity index (χ1) is 6.46. The molecule has 0 aliphatic heterocycles. The topological polar surface area (TPSA) is 0 Å². The Morgan fingerprint density at radius 2 is 1.86 bits per heavy atom. The molecule has 0 fully saturated rings. The van der Waals surface area contributed by atoms with Gasteiger partial charge in [-0.2, -0.15) is 13.2 Å². The van der Waals surface area contributed by atoms with E-state index in [0.29, 0.717) is 0 Å². The minimum Gasteiger partial charge on any atom is -0.166 e. The summed E-state index contributed by atoms with van der Waals surface area (Å²) in [7, 11) is 0. The van der Waals surface area contributed by atoms with Crippen LogP contribution >= 0.6 is 0 Å². The minimum absolute atomic E-state index is 0.155. The monoisotopic (exact) mass is 198 g/mol. The maximum Gasteiger partial charge on any atom is 0.416 e. The van der Waals surface area contributed by atoms with Crippen LogP contribution in [0.4, 0.5) is 13.2 Å². The normalized spacial score (nSPS) is 13.4. The van der Waals surface area contributed by atoms with Crippen molar-refractivity contribution in [2.45, 2.75) is 19.0 Å². The lowest BCUT2D eigenvalue weighted by Crippen LogP contribution is -2.10. The lowest BCUT2D eigenvalue weighted by atomic mass is 9.96. The summed E-state index contributed by atoms with van der Waals surface area (Å²) in [5, 5.41) is 0. The van der Waals surface area contributed by atoms with E-state index in [1.165, 1.54) is 12.1 Å². The van der Waals surface area contributed by atoms with Crippen LogP contribution in [0.1, 0.15) is 24.0 Å². The van der Waals surface area contributed by atoms with E-state index in [2.05, 4.69) is 5.92 Å². The number of alkyl halides is 3. The SMILES string of the molecule is C#CC(C)c1ccccc1C(F)(F)F. The van der Waals surface area contributed by atoms with Crippen molar-refractivity contribution >= 4 is 0 Å². The second kappa shape index (κ2) is 3.75. The van der Waals surface area contributed by atoms with Crippen LogP contribution in [0.15, 0.2) is 24.3 Å². The van der Waals surface area contributed by atoms with Crippen molar-refractivity contribution in [2.75, 3.05) is 0 Å². The van der Waals surface area contributed by atoms with Gasteiger partial charge in [-0.3, -0.25) is 0 Å². The van der Waals surface area contributed by atoms with E-state index in [0.717, 1.165) is 6.07 Å². The molecule has 14 heavy (non-hydrogen) atoms. The summed E-state index contributed by atoms with van der Waals surface area (Å²) in [5.74, 6) is 1.77. The molecule has 0 saturated carbocycles. The van der Waals surface area contributed by atoms with E-state index in [-0.39, 0.29) is 5.56 Å². The number of terminal acetylenes is 1. The molecule has 0 aliphatic carbocycles. The van der Waals surface area contributed by atoms with Gasteiger partial charge in [0.15, 0.2) is 0 Å². The quantitative estimate of drug-likeness (QED) is 0.606. The molecule has 0 aromatic heterocycles. The summed E-state index contributed by atoms with van der Waals surface area (Å²) in [6.45, 7) is 1.57. The van der Waals surface area contributed by atoms with E-state index in [9.17, 15) is 13.2 Å². The fourth-order valence-electron chi connectivity index (χ4n) is 1.22. The Labute approximate surface area is 80.8 Å². The Hall–Kier alpha value is -1.43. The van der Waals surface area contributed by atoms with E-state index in [1.54, 1.807) is 13.0 Å². The highest BCUT2D eigenvalue weighted by Crippen LogP contribution is 2.34. The maximum absolute atomic E-state index is 12.5. The van der Waals surface area contributed by atoms with Crippen LogP contribution in [0.5, 0.6) is 0 Å². The fraction of sp³-hybridized carbons (Fsp3) is 0.273. The summed E-state index contributed by atoms with van der Waals surface area (Å²) in [6, 6.07) is 5.37. The van der Waals surface area contributed by atoms with Gasteiger partial charge in [0.2, 0.25) is 0 Å². The number of benzene rings is 1. The molecule has 0 radical (unpaired) electrons. The van der Waals surface area contributed by atoms with Gasteiger partial charge in [-0.25, -0.2) is 0 Å². The maximum atomic E-state index is 12.5. The molecule has 1 unspecified atom stereocenters. The molecule has 0 heterocycles. The summed E-state index contributed by atoms with van der Waals surface area (Å²) in [4.78, 5) is 0. The third-order valence-electron chi connectivity index (χ3n) is 1.98. The number of rotatable bonds is 1. The van der Waals surface area contributed by atoms with Gasteiger partial charge in [0.1, 0.15) is 0 Å². The molecule has 0 saturated heterocycles. The van der Waals surface area contributed by atoms with E-state index >= 15 is 0 Å². The van der Waals surface area contributed by atoms with Crippen LogP contribution in [-0.4, -0.2) is 0 Å². The summed E-state index contributed by atoms with van der Waals surface area (Å²) >= 11 is 0. The minimum atomic E-state index is -4.33. The second-order valence-corrected chi connectivity index (χ2v) is 2.97. The van der Waals surface area contributed by atoms with E-state index in [4.69, 9.17) is 6.42 Å². The van der Waals surface area contributed by atoms with Gasteiger partial charge in [0.25, 0.3) is 0 Å². The van der Waals surface area contributed by atoms with Crippen molar-refractivity contribution in [3.8, 4) is 12.3 Å². The molecule has 1 rings (SSSR count). The molecular weight excluding hydrogens is 189 g/mol. The Kier molecular flexibility index (Phi) is 2.85. The van der Waals surface area contributed by atoms with Gasteiger partial charge >= 0.3 is 6.18 Å². The van der Waals surface area contributed by atoms with E-state index < -0.39 is 17.7 Å². The van der Waals surface area contributed by atoms with Crippen LogP contribution in [0, 0.1) is 12.3 Å². The van der Waals surface area contributed by atoms with Crippen molar-refractivity contribution in [1.82, 2.24) is 0 Å². The molecule has 0 N–H and O–H groups in total. The number of hydrogen-bond acceptors (Lipinski definition) is 0. The van der Waals surface area contributed by atoms with Crippen molar-refractivity contribution in [2.24, 2.45) is 0 Å². The van der Waals surface area contributed by atoms with Gasteiger partial charge in [0, 0.05) is 5.92 Å². The third-order valence-corrected chi connectivity index (χ3v) is 1.98. The molecule has 0 aliphatic rings. The summed E-state index contributed by atoms with van der Waals surface area (Å²) in [5.41, 5.74) is -0.493. The van der Waals surface area contributed by atoms with Crippen molar-refractivity contribution in [3.05, 3.63) is 35.4 Å². The molecule has 0 nitrogen and oxygen atoms in total. The van der Waals surface area contributed by atoms with Crippen LogP contribution in [0.3, 0.4) is 0 Å². The van der Waals surface area contributed by atoms with E-state index in [1.807, 2.05) is 0 Å². The smallest absolute Gasteiger partial charge is 0.166 e. The lowest BCUT2D eigenvalue weighted by Gasteiger charge is -2.14. The van der Waals surface area contributed by atoms with Crippen molar-refractivity contribution in [3.63, 3.8) is 0 Å². The first-order valence-electron chi connectivity index (χ1n) is 4.09. The Morgan fingerprint density at radius 3 is 2.36 bits per heavy atom. The predicted octanol–water partition coefficient (Wildman–Crippen LogP) is 3.44. The highest BCUT2D eigenvalue weighted by molar-refractivity contribution is 5.35. The number of hydrogen-bond donors (Lipinski definition) is 0. The van der Waals surface area contributed by atoms with Gasteiger partial charge in [0.05, 0.1) is 5.56 Å². The second-order valence-electron chi connectivity index (χ2n) is 2.97. The fourth-order valence-corrected chi connectivity index (χ4v) is 1.22. The van der Waals surface area contributed by atoms with Crippen molar-refractivity contribution in [1.29, 1.82) is 0 Å². The first kappa shape index (κ1) is 10.6. The predicted molar refractivity (Wildman–Crippen MR) is 48.7 cm³/mol. The molecule has 0 amide bonds. The van der Waals surface area contributed by atoms with Gasteiger partial charge in [-0.1, -0.05) is 24.1 Å². The Balaban J connectivity index is 3.25. The van der Waals surface area contributed by atoms with Crippen molar-refractivity contribution < 1.29 is 13.2 Å². The van der Waals surface area contributed by atoms with Gasteiger partial charge < -0.3 is 0 Å².